The molecule has 1 aromatic heterocycles. The monoisotopic (exact) mass is 470 g/mol. The molecule has 2 N–H and O–H groups in total. The van der Waals surface area contributed by atoms with Crippen molar-refractivity contribution in [3.05, 3.63) is 53.4 Å². The summed E-state index contributed by atoms with van der Waals surface area (Å²) in [5.74, 6) is 0.183. The summed E-state index contributed by atoms with van der Waals surface area (Å²) in [7, 11) is -3.25. The Balaban J connectivity index is 1.13. The molecule has 0 amide bonds. The number of hydrogen-bond donors (Lipinski definition) is 1. The van der Waals surface area contributed by atoms with E-state index in [1.165, 1.54) is 15.8 Å². The van der Waals surface area contributed by atoms with Gasteiger partial charge in [0.1, 0.15) is 0 Å². The lowest BCUT2D eigenvalue weighted by Crippen LogP contribution is -2.46. The van der Waals surface area contributed by atoms with Crippen LogP contribution in [0.5, 0.6) is 0 Å². The minimum atomic E-state index is -3.25. The van der Waals surface area contributed by atoms with E-state index in [2.05, 4.69) is 39.4 Å². The Morgan fingerprint density at radius 2 is 1.75 bits per heavy atom. The summed E-state index contributed by atoms with van der Waals surface area (Å²) >= 11 is 1.80. The Hall–Kier alpha value is -2.29. The van der Waals surface area contributed by atoms with Gasteiger partial charge in [-0.2, -0.15) is 0 Å². The van der Waals surface area contributed by atoms with Crippen molar-refractivity contribution in [1.29, 1.82) is 0 Å². The number of anilines is 3. The van der Waals surface area contributed by atoms with Gasteiger partial charge in [-0.25, -0.2) is 8.42 Å². The van der Waals surface area contributed by atoms with Gasteiger partial charge in [-0.3, -0.25) is 9.21 Å². The largest absolute Gasteiger partial charge is 0.399 e. The molecule has 0 aliphatic carbocycles. The number of thiophene rings is 1. The van der Waals surface area contributed by atoms with Gasteiger partial charge in [0.2, 0.25) is 10.0 Å². The van der Waals surface area contributed by atoms with E-state index in [9.17, 15) is 8.42 Å². The Labute approximate surface area is 194 Å². The molecular weight excluding hydrogens is 440 g/mol. The average molecular weight is 471 g/mol. The van der Waals surface area contributed by atoms with Crippen LogP contribution in [0, 0.1) is 0 Å². The van der Waals surface area contributed by atoms with Crippen LogP contribution in [0.15, 0.2) is 47.8 Å². The maximum absolute atomic E-state index is 12.7. The summed E-state index contributed by atoms with van der Waals surface area (Å²) in [6.07, 6.45) is 2.41. The number of piperazine rings is 1. The third kappa shape index (κ3) is 4.31. The van der Waals surface area contributed by atoms with E-state index >= 15 is 0 Å². The molecule has 8 heteroatoms. The summed E-state index contributed by atoms with van der Waals surface area (Å²) < 4.78 is 28.3. The molecule has 1 saturated heterocycles. The maximum atomic E-state index is 12.7. The highest BCUT2D eigenvalue weighted by Crippen LogP contribution is 2.32. The second-order valence-electron chi connectivity index (χ2n) is 8.67. The fourth-order valence-corrected chi connectivity index (χ4v) is 7.22. The molecule has 2 aromatic carbocycles. The van der Waals surface area contributed by atoms with Crippen LogP contribution >= 0.6 is 11.3 Å². The van der Waals surface area contributed by atoms with E-state index in [0.29, 0.717) is 18.7 Å². The molecule has 32 heavy (non-hydrogen) atoms. The van der Waals surface area contributed by atoms with Crippen molar-refractivity contribution in [2.75, 3.05) is 60.0 Å². The molecule has 3 heterocycles. The number of aryl methyl sites for hydroxylation is 1. The van der Waals surface area contributed by atoms with Gasteiger partial charge in [0.05, 0.1) is 11.4 Å². The van der Waals surface area contributed by atoms with E-state index in [4.69, 9.17) is 5.73 Å². The molecule has 2 aliphatic heterocycles. The molecule has 0 saturated carbocycles. The zero-order valence-corrected chi connectivity index (χ0v) is 19.9. The number of unbranched alkanes of at least 4 members (excludes halogenated alkanes) is 1. The lowest BCUT2D eigenvalue weighted by atomic mass is 10.1. The smallest absolute Gasteiger partial charge is 0.235 e. The predicted molar refractivity (Wildman–Crippen MR) is 135 cm³/mol. The Bertz CT molecular complexity index is 1200. The third-order valence-corrected chi connectivity index (χ3v) is 9.27. The number of fused-ring (bicyclic) bond motifs is 2. The molecule has 0 bridgehead atoms. The zero-order chi connectivity index (χ0) is 22.1. The Morgan fingerprint density at radius 3 is 2.59 bits per heavy atom. The Morgan fingerprint density at radius 1 is 0.938 bits per heavy atom. The first kappa shape index (κ1) is 21.6. The zero-order valence-electron chi connectivity index (χ0n) is 18.2. The Kier molecular flexibility index (Phi) is 6.01. The number of nitrogens with two attached hydrogens (primary N) is 1. The normalized spacial score (nSPS) is 18.8. The summed E-state index contributed by atoms with van der Waals surface area (Å²) in [5.41, 5.74) is 9.73. The van der Waals surface area contributed by atoms with Crippen LogP contribution in [0.25, 0.3) is 10.1 Å². The summed E-state index contributed by atoms with van der Waals surface area (Å²) in [5, 5.41) is 3.52. The van der Waals surface area contributed by atoms with Crippen LogP contribution in [0.4, 0.5) is 17.1 Å². The van der Waals surface area contributed by atoms with Crippen LogP contribution in [-0.2, 0) is 16.4 Å². The van der Waals surface area contributed by atoms with Crippen molar-refractivity contribution < 1.29 is 8.42 Å². The summed E-state index contributed by atoms with van der Waals surface area (Å²) in [6.45, 7) is 5.68. The van der Waals surface area contributed by atoms with Gasteiger partial charge in [-0.15, -0.1) is 11.3 Å². The summed E-state index contributed by atoms with van der Waals surface area (Å²) in [4.78, 5) is 4.99. The van der Waals surface area contributed by atoms with E-state index < -0.39 is 10.0 Å². The van der Waals surface area contributed by atoms with Crippen molar-refractivity contribution in [1.82, 2.24) is 4.90 Å². The van der Waals surface area contributed by atoms with Gasteiger partial charge in [0, 0.05) is 54.2 Å². The first-order chi connectivity index (χ1) is 15.5. The van der Waals surface area contributed by atoms with Gasteiger partial charge >= 0.3 is 0 Å². The second-order valence-corrected chi connectivity index (χ2v) is 11.6. The van der Waals surface area contributed by atoms with E-state index in [-0.39, 0.29) is 5.75 Å². The summed E-state index contributed by atoms with van der Waals surface area (Å²) in [6, 6.07) is 14.4. The van der Waals surface area contributed by atoms with E-state index in [1.807, 2.05) is 12.1 Å². The van der Waals surface area contributed by atoms with Crippen LogP contribution in [0.3, 0.4) is 0 Å². The molecule has 5 rings (SSSR count). The lowest BCUT2D eigenvalue weighted by molar-refractivity contribution is 0.253. The van der Waals surface area contributed by atoms with Gasteiger partial charge in [0.15, 0.2) is 0 Å². The number of benzene rings is 2. The highest BCUT2D eigenvalue weighted by atomic mass is 32.2. The molecule has 0 radical (unpaired) electrons. The molecular formula is C24H30N4O2S2. The van der Waals surface area contributed by atoms with Gasteiger partial charge in [-0.1, -0.05) is 12.1 Å². The first-order valence-electron chi connectivity index (χ1n) is 11.3. The minimum absolute atomic E-state index is 0.183. The first-order valence-corrected chi connectivity index (χ1v) is 13.8. The van der Waals surface area contributed by atoms with Crippen molar-refractivity contribution in [3.63, 3.8) is 0 Å². The van der Waals surface area contributed by atoms with E-state index in [1.54, 1.807) is 21.7 Å². The molecule has 6 nitrogen and oxygen atoms in total. The second kappa shape index (κ2) is 8.92. The number of hydrogen-bond acceptors (Lipinski definition) is 6. The molecule has 3 aromatic rings. The molecule has 1 fully saturated rings. The number of nitrogen functional groups attached to an aromatic ring is 1. The molecule has 0 atom stereocenters. The molecule has 170 valence electrons. The van der Waals surface area contributed by atoms with Crippen LogP contribution in [0.1, 0.15) is 18.4 Å². The topological polar surface area (TPSA) is 69.9 Å². The fourth-order valence-electron chi connectivity index (χ4n) is 4.84. The van der Waals surface area contributed by atoms with Crippen LogP contribution < -0.4 is 14.9 Å². The fraction of sp³-hybridized carbons (Fsp3) is 0.417. The minimum Gasteiger partial charge on any atom is -0.399 e. The van der Waals surface area contributed by atoms with Crippen molar-refractivity contribution >= 4 is 48.5 Å². The van der Waals surface area contributed by atoms with Gasteiger partial charge in [-0.05, 0) is 67.1 Å². The molecule has 2 aliphatic rings. The van der Waals surface area contributed by atoms with Gasteiger partial charge < -0.3 is 10.6 Å². The standard InChI is InChI=1S/C24H30N4O2S2/c25-20-7-6-19-9-17-32(29,30)28(23(19)18-20)11-2-1-10-26-12-14-27(15-13-26)22-4-3-5-24-21(22)8-16-31-24/h3-8,16,18H,1-2,9-15,17,25H2. The quantitative estimate of drug-likeness (QED) is 0.439. The third-order valence-electron chi connectivity index (χ3n) is 6.61. The molecule has 0 spiro atoms. The maximum Gasteiger partial charge on any atom is 0.235 e. The van der Waals surface area contributed by atoms with Crippen molar-refractivity contribution in [2.45, 2.75) is 19.3 Å². The highest BCUT2D eigenvalue weighted by Gasteiger charge is 2.29. The number of nitrogens with zero attached hydrogens (tertiary/aromatic N) is 3. The van der Waals surface area contributed by atoms with E-state index in [0.717, 1.165) is 56.8 Å². The van der Waals surface area contributed by atoms with Gasteiger partial charge in [0.25, 0.3) is 0 Å². The number of sulfonamides is 1. The number of rotatable bonds is 6. The average Bonchev–Trinajstić information content (AvgIpc) is 3.27. The SMILES string of the molecule is Nc1ccc2c(c1)N(CCCCN1CCN(c3cccc4sccc34)CC1)S(=O)(=O)CC2. The van der Waals surface area contributed by atoms with Crippen molar-refractivity contribution in [3.8, 4) is 0 Å². The predicted octanol–water partition coefficient (Wildman–Crippen LogP) is 3.78. The van der Waals surface area contributed by atoms with Crippen LogP contribution in [0.2, 0.25) is 0 Å². The highest BCUT2D eigenvalue weighted by molar-refractivity contribution is 7.92. The van der Waals surface area contributed by atoms with Crippen molar-refractivity contribution in [2.24, 2.45) is 0 Å². The van der Waals surface area contributed by atoms with Crippen LogP contribution in [-0.4, -0.2) is 58.3 Å². The molecule has 0 unspecified atom stereocenters. The lowest BCUT2D eigenvalue weighted by Gasteiger charge is -2.36.